The summed E-state index contributed by atoms with van der Waals surface area (Å²) in [6, 6.07) is 13.4. The maximum atomic E-state index is 12.9. The Hall–Kier alpha value is -3.28. The van der Waals surface area contributed by atoms with E-state index in [1.165, 1.54) is 12.0 Å². The minimum atomic E-state index is -0.693. The van der Waals surface area contributed by atoms with E-state index in [2.05, 4.69) is 0 Å². The van der Waals surface area contributed by atoms with Crippen LogP contribution in [0.2, 0.25) is 0 Å². The second-order valence-corrected chi connectivity index (χ2v) is 6.83. The third kappa shape index (κ3) is 3.83. The summed E-state index contributed by atoms with van der Waals surface area (Å²) in [7, 11) is 3.07. The van der Waals surface area contributed by atoms with Gasteiger partial charge in [-0.2, -0.15) is 0 Å². The molecule has 152 valence electrons. The van der Waals surface area contributed by atoms with Gasteiger partial charge < -0.3 is 19.5 Å². The van der Waals surface area contributed by atoms with Gasteiger partial charge in [0.1, 0.15) is 5.76 Å². The topological polar surface area (TPSA) is 76.1 Å². The Kier molecular flexibility index (Phi) is 6.22. The fourth-order valence-corrected chi connectivity index (χ4v) is 3.56. The monoisotopic (exact) mass is 395 g/mol. The van der Waals surface area contributed by atoms with Crippen LogP contribution in [0.1, 0.15) is 36.9 Å². The molecule has 0 radical (unpaired) electrons. The molecule has 0 unspecified atom stereocenters. The number of ether oxygens (including phenoxy) is 2. The second kappa shape index (κ2) is 8.82. The van der Waals surface area contributed by atoms with Crippen molar-refractivity contribution in [1.29, 1.82) is 0 Å². The van der Waals surface area contributed by atoms with Crippen molar-refractivity contribution in [3.8, 4) is 11.5 Å². The molecular weight excluding hydrogens is 370 g/mol. The summed E-state index contributed by atoms with van der Waals surface area (Å²) in [5.41, 5.74) is 1.26. The van der Waals surface area contributed by atoms with Gasteiger partial charge in [0.25, 0.3) is 11.7 Å². The number of methoxy groups -OCH3 is 2. The van der Waals surface area contributed by atoms with Gasteiger partial charge in [-0.15, -0.1) is 0 Å². The lowest BCUT2D eigenvalue weighted by Gasteiger charge is -2.25. The second-order valence-electron chi connectivity index (χ2n) is 6.83. The number of hydrogen-bond acceptors (Lipinski definition) is 5. The van der Waals surface area contributed by atoms with Crippen LogP contribution < -0.4 is 9.47 Å². The number of benzene rings is 2. The number of aliphatic hydroxyl groups excluding tert-OH is 1. The molecular formula is C23H25NO5. The summed E-state index contributed by atoms with van der Waals surface area (Å²) >= 11 is 0. The summed E-state index contributed by atoms with van der Waals surface area (Å²) < 4.78 is 10.7. The number of amides is 1. The third-order valence-corrected chi connectivity index (χ3v) is 5.06. The number of rotatable bonds is 7. The summed E-state index contributed by atoms with van der Waals surface area (Å²) in [5.74, 6) is -0.420. The number of Topliss-reactive ketones (excluding diaryl/α,β-unsaturated/α-hetero) is 1. The quantitative estimate of drug-likeness (QED) is 0.437. The molecule has 2 aromatic carbocycles. The Balaban J connectivity index is 2.18. The van der Waals surface area contributed by atoms with Crippen molar-refractivity contribution < 1.29 is 24.2 Å². The minimum absolute atomic E-state index is 0.0875. The molecule has 0 aliphatic carbocycles. The Morgan fingerprint density at radius 1 is 1.03 bits per heavy atom. The van der Waals surface area contributed by atoms with Gasteiger partial charge in [0, 0.05) is 12.1 Å². The van der Waals surface area contributed by atoms with Crippen molar-refractivity contribution in [3.63, 3.8) is 0 Å². The van der Waals surface area contributed by atoms with E-state index in [1.807, 2.05) is 13.0 Å². The average molecular weight is 395 g/mol. The van der Waals surface area contributed by atoms with E-state index >= 15 is 0 Å². The van der Waals surface area contributed by atoms with Gasteiger partial charge in [-0.3, -0.25) is 9.59 Å². The highest BCUT2D eigenvalue weighted by Crippen LogP contribution is 2.42. The van der Waals surface area contributed by atoms with Gasteiger partial charge >= 0.3 is 0 Å². The SMILES string of the molecule is CCCCN1C(=O)C(=O)C(=C(O)c2ccccc2)[C@@H]1c1ccc(OC)c(OC)c1. The zero-order valence-corrected chi connectivity index (χ0v) is 16.8. The van der Waals surface area contributed by atoms with Crippen molar-refractivity contribution >= 4 is 17.4 Å². The van der Waals surface area contributed by atoms with E-state index in [1.54, 1.807) is 49.6 Å². The summed E-state index contributed by atoms with van der Waals surface area (Å²) in [4.78, 5) is 27.2. The predicted octanol–water partition coefficient (Wildman–Crippen LogP) is 3.93. The van der Waals surface area contributed by atoms with Crippen molar-refractivity contribution in [2.75, 3.05) is 20.8 Å². The van der Waals surface area contributed by atoms with E-state index in [-0.39, 0.29) is 11.3 Å². The first-order chi connectivity index (χ1) is 14.0. The number of carbonyl (C=O) groups is 2. The van der Waals surface area contributed by atoms with Crippen LogP contribution in [0.15, 0.2) is 54.1 Å². The van der Waals surface area contributed by atoms with E-state index in [0.29, 0.717) is 29.2 Å². The molecule has 3 rings (SSSR count). The van der Waals surface area contributed by atoms with Crippen molar-refractivity contribution in [3.05, 3.63) is 65.2 Å². The molecule has 29 heavy (non-hydrogen) atoms. The van der Waals surface area contributed by atoms with Gasteiger partial charge in [-0.1, -0.05) is 49.7 Å². The van der Waals surface area contributed by atoms with Crippen molar-refractivity contribution in [2.24, 2.45) is 0 Å². The predicted molar refractivity (Wildman–Crippen MR) is 110 cm³/mol. The van der Waals surface area contributed by atoms with Gasteiger partial charge in [0.05, 0.1) is 25.8 Å². The summed E-state index contributed by atoms with van der Waals surface area (Å²) in [5, 5.41) is 10.9. The molecule has 1 amide bonds. The lowest BCUT2D eigenvalue weighted by atomic mass is 9.95. The summed E-state index contributed by atoms with van der Waals surface area (Å²) in [6.45, 7) is 2.44. The zero-order chi connectivity index (χ0) is 21.0. The van der Waals surface area contributed by atoms with Crippen LogP contribution in [0.4, 0.5) is 0 Å². The Morgan fingerprint density at radius 3 is 2.34 bits per heavy atom. The standard InChI is InChI=1S/C23H25NO5/c1-4-5-13-24-20(16-11-12-17(28-2)18(14-16)29-3)19(22(26)23(24)27)21(25)15-9-7-6-8-10-15/h6-12,14,20,25H,4-5,13H2,1-3H3/t20-/m0/s1. The molecule has 6 heteroatoms. The largest absolute Gasteiger partial charge is 0.507 e. The van der Waals surface area contributed by atoms with Crippen LogP contribution in [0.3, 0.4) is 0 Å². The van der Waals surface area contributed by atoms with Crippen molar-refractivity contribution in [2.45, 2.75) is 25.8 Å². The smallest absolute Gasteiger partial charge is 0.295 e. The van der Waals surface area contributed by atoms with E-state index in [0.717, 1.165) is 12.8 Å². The molecule has 1 aliphatic heterocycles. The van der Waals surface area contributed by atoms with Crippen LogP contribution in [-0.4, -0.2) is 42.5 Å². The Bertz CT molecular complexity index is 936. The average Bonchev–Trinajstić information content (AvgIpc) is 3.01. The fourth-order valence-electron chi connectivity index (χ4n) is 3.56. The highest BCUT2D eigenvalue weighted by atomic mass is 16.5. The van der Waals surface area contributed by atoms with Crippen LogP contribution in [0.25, 0.3) is 5.76 Å². The Morgan fingerprint density at radius 2 is 1.72 bits per heavy atom. The number of unbranched alkanes of at least 4 members (excludes halogenated alkanes) is 1. The van der Waals surface area contributed by atoms with Crippen LogP contribution in [-0.2, 0) is 9.59 Å². The molecule has 1 atom stereocenters. The van der Waals surface area contributed by atoms with Crippen LogP contribution in [0, 0.1) is 0 Å². The zero-order valence-electron chi connectivity index (χ0n) is 16.8. The number of likely N-dealkylation sites (tertiary alicyclic amines) is 1. The first-order valence-corrected chi connectivity index (χ1v) is 9.59. The van der Waals surface area contributed by atoms with Gasteiger partial charge in [0.15, 0.2) is 11.5 Å². The Labute approximate surface area is 170 Å². The lowest BCUT2D eigenvalue weighted by molar-refractivity contribution is -0.139. The van der Waals surface area contributed by atoms with Gasteiger partial charge in [-0.25, -0.2) is 0 Å². The van der Waals surface area contributed by atoms with Gasteiger partial charge in [-0.05, 0) is 24.1 Å². The van der Waals surface area contributed by atoms with E-state index in [9.17, 15) is 14.7 Å². The number of carbonyl (C=O) groups excluding carboxylic acids is 2. The fraction of sp³-hybridized carbons (Fsp3) is 0.304. The maximum absolute atomic E-state index is 12.9. The third-order valence-electron chi connectivity index (χ3n) is 5.06. The maximum Gasteiger partial charge on any atom is 0.295 e. The minimum Gasteiger partial charge on any atom is -0.507 e. The molecule has 6 nitrogen and oxygen atoms in total. The molecule has 1 heterocycles. The molecule has 1 aliphatic rings. The molecule has 2 aromatic rings. The summed E-state index contributed by atoms with van der Waals surface area (Å²) in [6.07, 6.45) is 1.63. The number of ketones is 1. The number of hydrogen-bond donors (Lipinski definition) is 1. The van der Waals surface area contributed by atoms with Gasteiger partial charge in [0.2, 0.25) is 0 Å². The molecule has 1 N–H and O–H groups in total. The molecule has 0 spiro atoms. The molecule has 0 saturated carbocycles. The highest BCUT2D eigenvalue weighted by Gasteiger charge is 2.45. The lowest BCUT2D eigenvalue weighted by Crippen LogP contribution is -2.30. The first kappa shape index (κ1) is 20.5. The number of nitrogens with zero attached hydrogens (tertiary/aromatic N) is 1. The van der Waals surface area contributed by atoms with E-state index in [4.69, 9.17) is 9.47 Å². The van der Waals surface area contributed by atoms with Crippen molar-refractivity contribution in [1.82, 2.24) is 4.90 Å². The highest BCUT2D eigenvalue weighted by molar-refractivity contribution is 6.46. The van der Waals surface area contributed by atoms with Crippen LogP contribution >= 0.6 is 0 Å². The molecule has 1 fully saturated rings. The normalized spacial score (nSPS) is 18.2. The number of aliphatic hydroxyl groups is 1. The molecule has 0 bridgehead atoms. The first-order valence-electron chi connectivity index (χ1n) is 9.59. The molecule has 0 aromatic heterocycles. The van der Waals surface area contributed by atoms with Crippen LogP contribution in [0.5, 0.6) is 11.5 Å². The van der Waals surface area contributed by atoms with E-state index < -0.39 is 17.7 Å². The molecule has 1 saturated heterocycles.